The lowest BCUT2D eigenvalue weighted by Gasteiger charge is -2.21. The van der Waals surface area contributed by atoms with Crippen molar-refractivity contribution in [2.75, 3.05) is 34.4 Å². The van der Waals surface area contributed by atoms with Crippen LogP contribution in [0.5, 0.6) is 5.88 Å². The number of hydrogen-bond acceptors (Lipinski definition) is 5. The molecular formula is C22H28N6O2. The minimum absolute atomic E-state index is 0.456. The molecule has 3 aromatic rings. The predicted molar refractivity (Wildman–Crippen MR) is 117 cm³/mol. The van der Waals surface area contributed by atoms with E-state index in [9.17, 15) is 0 Å². The number of imidazole rings is 1. The van der Waals surface area contributed by atoms with Gasteiger partial charge in [-0.1, -0.05) is 36.4 Å². The molecule has 0 saturated carbocycles. The molecule has 0 aliphatic heterocycles. The van der Waals surface area contributed by atoms with Crippen molar-refractivity contribution in [1.82, 2.24) is 25.2 Å². The van der Waals surface area contributed by atoms with Crippen LogP contribution in [0.4, 0.5) is 0 Å². The maximum atomic E-state index is 5.70. The molecule has 0 unspecified atom stereocenters. The van der Waals surface area contributed by atoms with Gasteiger partial charge in [0, 0.05) is 39.5 Å². The van der Waals surface area contributed by atoms with Gasteiger partial charge in [-0.15, -0.1) is 0 Å². The van der Waals surface area contributed by atoms with Gasteiger partial charge in [0.1, 0.15) is 12.4 Å². The third-order valence-electron chi connectivity index (χ3n) is 4.49. The number of aliphatic imine (C=N–C) groups is 1. The Bertz CT molecular complexity index is 942. The molecule has 1 aromatic carbocycles. The summed E-state index contributed by atoms with van der Waals surface area (Å²) >= 11 is 0. The van der Waals surface area contributed by atoms with Gasteiger partial charge in [-0.3, -0.25) is 4.99 Å². The Kier molecular flexibility index (Phi) is 7.79. The van der Waals surface area contributed by atoms with Gasteiger partial charge in [0.05, 0.1) is 25.0 Å². The summed E-state index contributed by atoms with van der Waals surface area (Å²) in [4.78, 5) is 18.6. The molecule has 0 atom stereocenters. The molecule has 0 bridgehead atoms. The van der Waals surface area contributed by atoms with Crippen LogP contribution in [0.3, 0.4) is 0 Å². The quantitative estimate of drug-likeness (QED) is 0.322. The van der Waals surface area contributed by atoms with Crippen molar-refractivity contribution in [1.29, 1.82) is 0 Å². The van der Waals surface area contributed by atoms with Crippen LogP contribution in [0.1, 0.15) is 11.4 Å². The molecule has 2 heterocycles. The second kappa shape index (κ2) is 11.0. The summed E-state index contributed by atoms with van der Waals surface area (Å²) in [6, 6.07) is 14.0. The summed E-state index contributed by atoms with van der Waals surface area (Å²) in [6.07, 6.45) is 3.57. The molecule has 3 rings (SSSR count). The third kappa shape index (κ3) is 5.81. The van der Waals surface area contributed by atoms with Gasteiger partial charge >= 0.3 is 0 Å². The number of aromatic amines is 1. The summed E-state index contributed by atoms with van der Waals surface area (Å²) in [7, 11) is 5.38. The number of methoxy groups -OCH3 is 1. The number of nitrogens with one attached hydrogen (secondary N) is 2. The number of guanidine groups is 1. The average molecular weight is 409 g/mol. The molecule has 2 N–H and O–H groups in total. The number of ether oxygens (including phenoxy) is 2. The molecular weight excluding hydrogens is 380 g/mol. The molecule has 0 fully saturated rings. The fourth-order valence-corrected chi connectivity index (χ4v) is 2.98. The SMILES string of the molecule is CN=C(NCc1cccnc1OCCOC)N(C)Cc1ncc(-c2ccccc2)[nH]1. The van der Waals surface area contributed by atoms with E-state index in [1.165, 1.54) is 0 Å². The van der Waals surface area contributed by atoms with Gasteiger partial charge in [0.25, 0.3) is 0 Å². The standard InChI is InChI=1S/C22H28N6O2/c1-23-22(26-14-18-10-7-11-24-21(18)30-13-12-29-3)28(2)16-20-25-15-19(27-20)17-8-5-4-6-9-17/h4-11,15H,12-14,16H2,1-3H3,(H,23,26)(H,25,27). The molecule has 0 amide bonds. The molecule has 8 heteroatoms. The zero-order chi connectivity index (χ0) is 21.2. The second-order valence-electron chi connectivity index (χ2n) is 6.68. The molecule has 30 heavy (non-hydrogen) atoms. The molecule has 0 spiro atoms. The average Bonchev–Trinajstić information content (AvgIpc) is 3.24. The van der Waals surface area contributed by atoms with Gasteiger partial charge in [0.15, 0.2) is 5.96 Å². The number of pyridine rings is 1. The normalized spacial score (nSPS) is 11.4. The van der Waals surface area contributed by atoms with Gasteiger partial charge in [0.2, 0.25) is 5.88 Å². The van der Waals surface area contributed by atoms with Crippen LogP contribution in [-0.2, 0) is 17.8 Å². The van der Waals surface area contributed by atoms with E-state index in [0.717, 1.165) is 28.6 Å². The first kappa shape index (κ1) is 21.3. The fourth-order valence-electron chi connectivity index (χ4n) is 2.98. The first-order chi connectivity index (χ1) is 14.7. The van der Waals surface area contributed by atoms with E-state index < -0.39 is 0 Å². The molecule has 0 radical (unpaired) electrons. The summed E-state index contributed by atoms with van der Waals surface area (Å²) < 4.78 is 10.7. The Labute approximate surface area is 177 Å². The van der Waals surface area contributed by atoms with Crippen LogP contribution >= 0.6 is 0 Å². The van der Waals surface area contributed by atoms with E-state index in [4.69, 9.17) is 9.47 Å². The topological polar surface area (TPSA) is 87.7 Å². The lowest BCUT2D eigenvalue weighted by molar-refractivity contribution is 0.143. The molecule has 0 saturated heterocycles. The van der Waals surface area contributed by atoms with Crippen molar-refractivity contribution >= 4 is 5.96 Å². The van der Waals surface area contributed by atoms with Crippen LogP contribution in [0, 0.1) is 0 Å². The second-order valence-corrected chi connectivity index (χ2v) is 6.68. The molecule has 0 aliphatic rings. The Hall–Kier alpha value is -3.39. The number of nitrogens with zero attached hydrogens (tertiary/aromatic N) is 4. The summed E-state index contributed by atoms with van der Waals surface area (Å²) in [5, 5.41) is 3.36. The number of hydrogen-bond donors (Lipinski definition) is 2. The van der Waals surface area contributed by atoms with E-state index >= 15 is 0 Å². The first-order valence-electron chi connectivity index (χ1n) is 9.78. The van der Waals surface area contributed by atoms with E-state index in [-0.39, 0.29) is 0 Å². The highest BCUT2D eigenvalue weighted by Gasteiger charge is 2.11. The third-order valence-corrected chi connectivity index (χ3v) is 4.49. The van der Waals surface area contributed by atoms with Crippen LogP contribution in [0.2, 0.25) is 0 Å². The van der Waals surface area contributed by atoms with E-state index in [0.29, 0.717) is 32.2 Å². The number of H-pyrrole nitrogens is 1. The van der Waals surface area contributed by atoms with Crippen LogP contribution in [0.25, 0.3) is 11.3 Å². The van der Waals surface area contributed by atoms with Crippen molar-refractivity contribution < 1.29 is 9.47 Å². The fraction of sp³-hybridized carbons (Fsp3) is 0.318. The number of benzene rings is 1. The van der Waals surface area contributed by atoms with Crippen LogP contribution in [-0.4, -0.2) is 60.2 Å². The molecule has 0 aliphatic carbocycles. The summed E-state index contributed by atoms with van der Waals surface area (Å²) in [5.41, 5.74) is 3.06. The number of rotatable bonds is 9. The maximum Gasteiger partial charge on any atom is 0.218 e. The van der Waals surface area contributed by atoms with E-state index in [1.807, 2.05) is 48.5 Å². The van der Waals surface area contributed by atoms with Crippen LogP contribution in [0.15, 0.2) is 59.9 Å². The Morgan fingerprint density at radius 2 is 1.97 bits per heavy atom. The highest BCUT2D eigenvalue weighted by molar-refractivity contribution is 5.79. The summed E-state index contributed by atoms with van der Waals surface area (Å²) in [5.74, 6) is 2.21. The van der Waals surface area contributed by atoms with Crippen LogP contribution < -0.4 is 10.1 Å². The maximum absolute atomic E-state index is 5.70. The van der Waals surface area contributed by atoms with Gasteiger partial charge < -0.3 is 24.7 Å². The van der Waals surface area contributed by atoms with Gasteiger partial charge in [-0.05, 0) is 11.6 Å². The monoisotopic (exact) mass is 408 g/mol. The van der Waals surface area contributed by atoms with Crippen molar-refractivity contribution in [3.05, 3.63) is 66.2 Å². The van der Waals surface area contributed by atoms with E-state index in [2.05, 4.69) is 37.4 Å². The molecule has 158 valence electrons. The Balaban J connectivity index is 1.59. The van der Waals surface area contributed by atoms with E-state index in [1.54, 1.807) is 20.4 Å². The lowest BCUT2D eigenvalue weighted by Crippen LogP contribution is -2.38. The highest BCUT2D eigenvalue weighted by Crippen LogP contribution is 2.17. The van der Waals surface area contributed by atoms with Gasteiger partial charge in [-0.25, -0.2) is 9.97 Å². The zero-order valence-electron chi connectivity index (χ0n) is 17.6. The molecule has 8 nitrogen and oxygen atoms in total. The van der Waals surface area contributed by atoms with Crippen molar-refractivity contribution in [3.63, 3.8) is 0 Å². The van der Waals surface area contributed by atoms with Crippen molar-refractivity contribution in [2.24, 2.45) is 4.99 Å². The highest BCUT2D eigenvalue weighted by atomic mass is 16.5. The largest absolute Gasteiger partial charge is 0.475 e. The first-order valence-corrected chi connectivity index (χ1v) is 9.78. The predicted octanol–water partition coefficient (Wildman–Crippen LogP) is 2.70. The lowest BCUT2D eigenvalue weighted by atomic mass is 10.2. The van der Waals surface area contributed by atoms with Crippen molar-refractivity contribution in [3.8, 4) is 17.1 Å². The smallest absolute Gasteiger partial charge is 0.218 e. The summed E-state index contributed by atoms with van der Waals surface area (Å²) in [6.45, 7) is 2.11. The minimum atomic E-state index is 0.456. The van der Waals surface area contributed by atoms with Gasteiger partial charge in [-0.2, -0.15) is 0 Å². The van der Waals surface area contributed by atoms with Crippen molar-refractivity contribution in [2.45, 2.75) is 13.1 Å². The number of aromatic nitrogens is 3. The Morgan fingerprint density at radius 3 is 2.73 bits per heavy atom. The Morgan fingerprint density at radius 1 is 1.13 bits per heavy atom. The minimum Gasteiger partial charge on any atom is -0.475 e. The zero-order valence-corrected chi connectivity index (χ0v) is 17.6. The molecule has 2 aromatic heterocycles.